The van der Waals surface area contributed by atoms with E-state index in [1.165, 1.54) is 19.3 Å². The predicted octanol–water partition coefficient (Wildman–Crippen LogP) is 1.76. The van der Waals surface area contributed by atoms with Crippen molar-refractivity contribution in [3.63, 3.8) is 0 Å². The van der Waals surface area contributed by atoms with Crippen LogP contribution in [-0.2, 0) is 9.59 Å². The molecule has 2 rings (SSSR count). The lowest BCUT2D eigenvalue weighted by atomic mass is 9.95. The van der Waals surface area contributed by atoms with E-state index in [4.69, 9.17) is 0 Å². The van der Waals surface area contributed by atoms with Crippen molar-refractivity contribution in [3.8, 4) is 0 Å². The molecular weight excluding hydrogens is 256 g/mol. The molecule has 0 bridgehead atoms. The third kappa shape index (κ3) is 4.47. The van der Waals surface area contributed by atoms with Crippen molar-refractivity contribution in [2.45, 2.75) is 69.9 Å². The quantitative estimate of drug-likeness (QED) is 0.824. The third-order valence-corrected chi connectivity index (χ3v) is 4.47. The molecule has 1 atom stereocenters. The van der Waals surface area contributed by atoms with Crippen LogP contribution in [0.25, 0.3) is 0 Å². The Labute approximate surface area is 120 Å². The average Bonchev–Trinajstić information content (AvgIpc) is 2.65. The lowest BCUT2D eigenvalue weighted by Crippen LogP contribution is -2.48. The molecule has 2 aliphatic rings. The second-order valence-electron chi connectivity index (χ2n) is 6.08. The number of aliphatic carboxylic acids is 1. The van der Waals surface area contributed by atoms with Gasteiger partial charge in [-0.3, -0.25) is 14.5 Å². The zero-order valence-corrected chi connectivity index (χ0v) is 12.1. The molecule has 5 nitrogen and oxygen atoms in total. The molecule has 20 heavy (non-hydrogen) atoms. The molecule has 0 aromatic rings. The lowest BCUT2D eigenvalue weighted by Gasteiger charge is -2.28. The zero-order chi connectivity index (χ0) is 14.4. The molecule has 1 aliphatic carbocycles. The number of likely N-dealkylation sites (tertiary alicyclic amines) is 1. The average molecular weight is 282 g/mol. The van der Waals surface area contributed by atoms with Gasteiger partial charge in [-0.1, -0.05) is 32.1 Å². The van der Waals surface area contributed by atoms with E-state index >= 15 is 0 Å². The fourth-order valence-electron chi connectivity index (χ4n) is 3.34. The van der Waals surface area contributed by atoms with Crippen molar-refractivity contribution in [1.29, 1.82) is 0 Å². The highest BCUT2D eigenvalue weighted by atomic mass is 16.4. The number of nitrogens with zero attached hydrogens (tertiary/aromatic N) is 1. The minimum atomic E-state index is -0.794. The molecule has 114 valence electrons. The first-order chi connectivity index (χ1) is 9.66. The molecule has 0 aromatic heterocycles. The van der Waals surface area contributed by atoms with Crippen LogP contribution in [0, 0.1) is 0 Å². The molecular formula is C15H26N2O3. The van der Waals surface area contributed by atoms with Crippen molar-refractivity contribution in [2.75, 3.05) is 13.1 Å². The van der Waals surface area contributed by atoms with Gasteiger partial charge in [0.05, 0.1) is 6.54 Å². The highest BCUT2D eigenvalue weighted by molar-refractivity contribution is 5.80. The monoisotopic (exact) mass is 282 g/mol. The molecule has 1 amide bonds. The van der Waals surface area contributed by atoms with Crippen LogP contribution >= 0.6 is 0 Å². The van der Waals surface area contributed by atoms with Gasteiger partial charge in [-0.05, 0) is 32.2 Å². The summed E-state index contributed by atoms with van der Waals surface area (Å²) in [5.41, 5.74) is 0. The van der Waals surface area contributed by atoms with E-state index in [9.17, 15) is 14.7 Å². The van der Waals surface area contributed by atoms with Crippen LogP contribution in [-0.4, -0.2) is 47.1 Å². The molecule has 2 fully saturated rings. The normalized spacial score (nSPS) is 25.9. The largest absolute Gasteiger partial charge is 0.480 e. The van der Waals surface area contributed by atoms with Crippen LogP contribution in [0.15, 0.2) is 0 Å². The summed E-state index contributed by atoms with van der Waals surface area (Å²) in [4.78, 5) is 25.3. The Balaban J connectivity index is 1.85. The van der Waals surface area contributed by atoms with Crippen molar-refractivity contribution < 1.29 is 14.7 Å². The van der Waals surface area contributed by atoms with E-state index in [0.717, 1.165) is 38.6 Å². The third-order valence-electron chi connectivity index (χ3n) is 4.47. The van der Waals surface area contributed by atoms with Crippen LogP contribution in [0.5, 0.6) is 0 Å². The van der Waals surface area contributed by atoms with Crippen LogP contribution in [0.3, 0.4) is 0 Å². The number of carbonyl (C=O) groups excluding carboxylic acids is 1. The molecule has 1 heterocycles. The maximum atomic E-state index is 12.1. The van der Waals surface area contributed by atoms with Gasteiger partial charge in [0.1, 0.15) is 6.04 Å². The predicted molar refractivity (Wildman–Crippen MR) is 76.5 cm³/mol. The second kappa shape index (κ2) is 7.62. The van der Waals surface area contributed by atoms with Crippen molar-refractivity contribution in [1.82, 2.24) is 10.2 Å². The molecule has 1 aliphatic heterocycles. The SMILES string of the molecule is O=C(CN1CCCCCC1C(=O)O)NC1CCCCC1. The number of carboxylic acid groups (broad SMARTS) is 1. The van der Waals surface area contributed by atoms with Crippen molar-refractivity contribution in [3.05, 3.63) is 0 Å². The molecule has 5 heteroatoms. The first-order valence-corrected chi connectivity index (χ1v) is 7.93. The summed E-state index contributed by atoms with van der Waals surface area (Å²) in [6.07, 6.45) is 9.41. The zero-order valence-electron chi connectivity index (χ0n) is 12.1. The standard InChI is InChI=1S/C15H26N2O3/c18-14(16-12-7-3-1-4-8-12)11-17-10-6-2-5-9-13(17)15(19)20/h12-13H,1-11H2,(H,16,18)(H,19,20). The van der Waals surface area contributed by atoms with Gasteiger partial charge in [0, 0.05) is 6.04 Å². The van der Waals surface area contributed by atoms with E-state index in [1.807, 2.05) is 4.90 Å². The second-order valence-corrected chi connectivity index (χ2v) is 6.08. The number of hydrogen-bond acceptors (Lipinski definition) is 3. The number of nitrogens with one attached hydrogen (secondary N) is 1. The summed E-state index contributed by atoms with van der Waals surface area (Å²) in [6, 6.07) is -0.193. The van der Waals surface area contributed by atoms with Crippen LogP contribution < -0.4 is 5.32 Å². The number of hydrogen-bond donors (Lipinski definition) is 2. The van der Waals surface area contributed by atoms with Gasteiger partial charge < -0.3 is 10.4 Å². The molecule has 0 aromatic carbocycles. The van der Waals surface area contributed by atoms with Gasteiger partial charge in [0.15, 0.2) is 0 Å². The van der Waals surface area contributed by atoms with Gasteiger partial charge in [0.2, 0.25) is 5.91 Å². The minimum Gasteiger partial charge on any atom is -0.480 e. The lowest BCUT2D eigenvalue weighted by molar-refractivity contribution is -0.144. The highest BCUT2D eigenvalue weighted by Crippen LogP contribution is 2.19. The molecule has 2 N–H and O–H groups in total. The smallest absolute Gasteiger partial charge is 0.320 e. The minimum absolute atomic E-state index is 0.00921. The summed E-state index contributed by atoms with van der Waals surface area (Å²) in [5.74, 6) is -0.803. The fraction of sp³-hybridized carbons (Fsp3) is 0.867. The maximum absolute atomic E-state index is 12.1. The van der Waals surface area contributed by atoms with E-state index in [2.05, 4.69) is 5.32 Å². The van der Waals surface area contributed by atoms with Gasteiger partial charge in [0.25, 0.3) is 0 Å². The van der Waals surface area contributed by atoms with Crippen LogP contribution in [0.2, 0.25) is 0 Å². The Hall–Kier alpha value is -1.10. The molecule has 1 saturated carbocycles. The number of carbonyl (C=O) groups is 2. The topological polar surface area (TPSA) is 69.6 Å². The Morgan fingerprint density at radius 3 is 2.35 bits per heavy atom. The molecule has 0 radical (unpaired) electrons. The Kier molecular flexibility index (Phi) is 5.83. The summed E-state index contributed by atoms with van der Waals surface area (Å²) in [6.45, 7) is 0.947. The Morgan fingerprint density at radius 2 is 1.65 bits per heavy atom. The Bertz CT molecular complexity index is 340. The van der Waals surface area contributed by atoms with Crippen LogP contribution in [0.4, 0.5) is 0 Å². The van der Waals surface area contributed by atoms with E-state index in [-0.39, 0.29) is 12.5 Å². The molecule has 0 spiro atoms. The summed E-state index contributed by atoms with van der Waals surface area (Å²) >= 11 is 0. The summed E-state index contributed by atoms with van der Waals surface area (Å²) < 4.78 is 0. The van der Waals surface area contributed by atoms with Crippen LogP contribution in [0.1, 0.15) is 57.8 Å². The van der Waals surface area contributed by atoms with Gasteiger partial charge >= 0.3 is 5.97 Å². The number of carboxylic acids is 1. The van der Waals surface area contributed by atoms with E-state index < -0.39 is 12.0 Å². The van der Waals surface area contributed by atoms with Gasteiger partial charge in [-0.25, -0.2) is 0 Å². The first kappa shape index (κ1) is 15.3. The molecule has 1 unspecified atom stereocenters. The van der Waals surface area contributed by atoms with Gasteiger partial charge in [-0.2, -0.15) is 0 Å². The summed E-state index contributed by atoms with van der Waals surface area (Å²) in [5, 5.41) is 12.4. The first-order valence-electron chi connectivity index (χ1n) is 7.93. The highest BCUT2D eigenvalue weighted by Gasteiger charge is 2.29. The van der Waals surface area contributed by atoms with E-state index in [1.54, 1.807) is 0 Å². The number of rotatable bonds is 4. The maximum Gasteiger partial charge on any atom is 0.320 e. The molecule has 1 saturated heterocycles. The summed E-state index contributed by atoms with van der Waals surface area (Å²) in [7, 11) is 0. The Morgan fingerprint density at radius 1 is 1.00 bits per heavy atom. The fourth-order valence-corrected chi connectivity index (χ4v) is 3.34. The van der Waals surface area contributed by atoms with Crippen molar-refractivity contribution in [2.24, 2.45) is 0 Å². The van der Waals surface area contributed by atoms with Gasteiger partial charge in [-0.15, -0.1) is 0 Å². The van der Waals surface area contributed by atoms with Crippen molar-refractivity contribution >= 4 is 11.9 Å². The number of amides is 1. The van der Waals surface area contributed by atoms with E-state index in [0.29, 0.717) is 12.5 Å².